The molecule has 0 spiro atoms. The summed E-state index contributed by atoms with van der Waals surface area (Å²) in [6.45, 7) is 16.2. The van der Waals surface area contributed by atoms with Gasteiger partial charge in [0.15, 0.2) is 0 Å². The molecule has 0 aliphatic rings. The van der Waals surface area contributed by atoms with Gasteiger partial charge in [0.05, 0.1) is 5.57 Å². The minimum absolute atomic E-state index is 0.401. The van der Waals surface area contributed by atoms with Crippen LogP contribution < -0.4 is 5.32 Å². The molecule has 1 aromatic rings. The fraction of sp³-hybridized carbons (Fsp3) is 0.310. The first-order chi connectivity index (χ1) is 16.9. The number of allylic oxidation sites excluding steroid dienone is 6. The van der Waals surface area contributed by atoms with Crippen LogP contribution in [-0.2, 0) is 9.53 Å². The first kappa shape index (κ1) is 31.4. The van der Waals surface area contributed by atoms with Crippen LogP contribution in [0, 0.1) is 0 Å². The maximum absolute atomic E-state index is 11.2. The molecule has 0 saturated carbocycles. The second-order valence-corrected chi connectivity index (χ2v) is 7.45. The van der Waals surface area contributed by atoms with Gasteiger partial charge in [0, 0.05) is 46.2 Å². The summed E-state index contributed by atoms with van der Waals surface area (Å²) in [5.74, 6) is 1.50. The largest absolute Gasteiger partial charge is 0.369 e. The molecule has 1 rings (SSSR count). The lowest BCUT2D eigenvalue weighted by molar-refractivity contribution is -0.104. The zero-order valence-electron chi connectivity index (χ0n) is 22.4. The summed E-state index contributed by atoms with van der Waals surface area (Å²) in [5.41, 5.74) is 3.45. The number of nitrogens with one attached hydrogen (secondary N) is 1. The van der Waals surface area contributed by atoms with Crippen LogP contribution in [0.4, 0.5) is 0 Å². The topological polar surface area (TPSA) is 57.2 Å². The highest BCUT2D eigenvalue weighted by molar-refractivity contribution is 5.99. The Balaban J connectivity index is 0.00000562. The van der Waals surface area contributed by atoms with Crippen LogP contribution >= 0.6 is 0 Å². The minimum Gasteiger partial charge on any atom is -0.369 e. The van der Waals surface area contributed by atoms with E-state index in [1.54, 1.807) is 13.1 Å². The van der Waals surface area contributed by atoms with Gasteiger partial charge in [-0.15, -0.1) is 13.2 Å². The number of nitrogens with zero attached hydrogens (tertiary/aromatic N) is 3. The monoisotopic (exact) mass is 478 g/mol. The average Bonchev–Trinajstić information content (AvgIpc) is 2.86. The number of benzene rings is 1. The predicted molar refractivity (Wildman–Crippen MR) is 150 cm³/mol. The van der Waals surface area contributed by atoms with Crippen molar-refractivity contribution in [1.82, 2.24) is 15.1 Å². The average molecular weight is 479 g/mol. The molecule has 35 heavy (non-hydrogen) atoms. The highest BCUT2D eigenvalue weighted by Gasteiger charge is 2.29. The number of aliphatic imine (C=N–C) groups is 1. The molecule has 0 fully saturated rings. The van der Waals surface area contributed by atoms with Gasteiger partial charge in [-0.3, -0.25) is 9.79 Å². The molecule has 0 amide bonds. The van der Waals surface area contributed by atoms with E-state index in [4.69, 9.17) is 4.74 Å². The molecule has 0 aliphatic carbocycles. The molecule has 6 nitrogen and oxygen atoms in total. The van der Waals surface area contributed by atoms with E-state index < -0.39 is 6.10 Å². The maximum Gasteiger partial charge on any atom is 0.144 e. The van der Waals surface area contributed by atoms with Crippen LogP contribution in [0.5, 0.6) is 0 Å². The lowest BCUT2D eigenvalue weighted by Crippen LogP contribution is -2.36. The van der Waals surface area contributed by atoms with Crippen molar-refractivity contribution in [2.24, 2.45) is 4.99 Å². The summed E-state index contributed by atoms with van der Waals surface area (Å²) in [4.78, 5) is 19.8. The van der Waals surface area contributed by atoms with Gasteiger partial charge in [-0.1, -0.05) is 49.1 Å². The van der Waals surface area contributed by atoms with E-state index in [9.17, 15) is 4.79 Å². The fourth-order valence-electron chi connectivity index (χ4n) is 3.41. The van der Waals surface area contributed by atoms with Crippen LogP contribution in [0.2, 0.25) is 0 Å². The Morgan fingerprint density at radius 3 is 2.26 bits per heavy atom. The Morgan fingerprint density at radius 1 is 1.17 bits per heavy atom. The van der Waals surface area contributed by atoms with Gasteiger partial charge < -0.3 is 19.9 Å². The highest BCUT2D eigenvalue weighted by Crippen LogP contribution is 2.32. The number of ether oxygens (including phenoxy) is 1. The Hall–Kier alpha value is -3.64. The Labute approximate surface area is 212 Å². The molecule has 190 valence electrons. The van der Waals surface area contributed by atoms with Crippen molar-refractivity contribution >= 4 is 12.1 Å². The van der Waals surface area contributed by atoms with E-state index in [-0.39, 0.29) is 0 Å². The third-order valence-electron chi connectivity index (χ3n) is 4.81. The standard InChI is InChI=1S/C27H38N4O2.C2H4/c1-9-15-23(16-10-2)31(8)27(29-21(4)19-20-32)24(26(28-5)30(6)7)25(33-11-3)22-17-13-12-14-18-22;1-2/h9-10,12-20,25,29H,1,11H2,2-8H3;1-2H2/b16-10-,21-19+,23-15+,27-24-,28-26?;. The van der Waals surface area contributed by atoms with E-state index >= 15 is 0 Å². The smallest absolute Gasteiger partial charge is 0.144 e. The lowest BCUT2D eigenvalue weighted by atomic mass is 9.98. The van der Waals surface area contributed by atoms with E-state index in [2.05, 4.69) is 30.0 Å². The van der Waals surface area contributed by atoms with Crippen molar-refractivity contribution in [3.8, 4) is 0 Å². The number of rotatable bonds is 12. The molecule has 6 heteroatoms. The van der Waals surface area contributed by atoms with Gasteiger partial charge in [0.2, 0.25) is 0 Å². The van der Waals surface area contributed by atoms with E-state index in [0.717, 1.165) is 34.8 Å². The quantitative estimate of drug-likeness (QED) is 0.105. The zero-order valence-corrected chi connectivity index (χ0v) is 22.4. The van der Waals surface area contributed by atoms with Crippen LogP contribution in [0.15, 0.2) is 108 Å². The number of carbonyl (C=O) groups excluding carboxylic acids is 1. The first-order valence-corrected chi connectivity index (χ1v) is 11.5. The third kappa shape index (κ3) is 9.63. The van der Waals surface area contributed by atoms with Crippen LogP contribution in [0.3, 0.4) is 0 Å². The zero-order chi connectivity index (χ0) is 26.8. The molecule has 0 aliphatic heterocycles. The minimum atomic E-state index is -0.401. The number of amidine groups is 1. The number of carbonyl (C=O) groups is 1. The van der Waals surface area contributed by atoms with Crippen LogP contribution in [0.25, 0.3) is 0 Å². The fourth-order valence-corrected chi connectivity index (χ4v) is 3.41. The second-order valence-electron chi connectivity index (χ2n) is 7.45. The molecular formula is C29H42N4O2. The van der Waals surface area contributed by atoms with Gasteiger partial charge in [-0.25, -0.2) is 0 Å². The summed E-state index contributed by atoms with van der Waals surface area (Å²) in [6.07, 6.45) is 9.50. The number of likely N-dealkylation sites (N-methyl/N-ethyl adjacent to an activating group) is 2. The predicted octanol–water partition coefficient (Wildman–Crippen LogP) is 5.64. The normalized spacial score (nSPS) is 13.9. The lowest BCUT2D eigenvalue weighted by Gasteiger charge is -2.33. The molecule has 1 atom stereocenters. The van der Waals surface area contributed by atoms with Gasteiger partial charge in [-0.2, -0.15) is 0 Å². The van der Waals surface area contributed by atoms with Gasteiger partial charge >= 0.3 is 0 Å². The van der Waals surface area contributed by atoms with Crippen molar-refractivity contribution in [3.63, 3.8) is 0 Å². The maximum atomic E-state index is 11.2. The summed E-state index contributed by atoms with van der Waals surface area (Å²) in [7, 11) is 7.63. The van der Waals surface area contributed by atoms with Crippen molar-refractivity contribution in [2.45, 2.75) is 26.9 Å². The van der Waals surface area contributed by atoms with Crippen molar-refractivity contribution in [3.05, 3.63) is 109 Å². The summed E-state index contributed by atoms with van der Waals surface area (Å²) in [5, 5.41) is 3.43. The third-order valence-corrected chi connectivity index (χ3v) is 4.81. The highest BCUT2D eigenvalue weighted by atomic mass is 16.5. The SMILES string of the molecule is C=C.C=C/C=C(\C=C/C)N(C)/C(N/C(C)=C/C=O)=C(\C(=NC)N(C)C)C(OCC)c1ccccc1. The van der Waals surface area contributed by atoms with Crippen molar-refractivity contribution in [1.29, 1.82) is 0 Å². The molecule has 1 unspecified atom stereocenters. The van der Waals surface area contributed by atoms with E-state index in [1.165, 1.54) is 6.08 Å². The van der Waals surface area contributed by atoms with Crippen molar-refractivity contribution in [2.75, 3.05) is 34.8 Å². The molecule has 1 aromatic carbocycles. The van der Waals surface area contributed by atoms with Crippen molar-refractivity contribution < 1.29 is 9.53 Å². The molecule has 0 radical (unpaired) electrons. The molecular weight excluding hydrogens is 436 g/mol. The number of aldehydes is 1. The van der Waals surface area contributed by atoms with E-state index in [1.807, 2.05) is 100 Å². The van der Waals surface area contributed by atoms with Crippen LogP contribution in [-0.4, -0.2) is 56.7 Å². The molecule has 0 aromatic heterocycles. The number of hydrogen-bond donors (Lipinski definition) is 1. The molecule has 1 N–H and O–H groups in total. The van der Waals surface area contributed by atoms with Gasteiger partial charge in [-0.05, 0) is 44.6 Å². The second kappa shape index (κ2) is 17.8. The molecule has 0 heterocycles. The first-order valence-electron chi connectivity index (χ1n) is 11.5. The molecule has 0 bridgehead atoms. The van der Waals surface area contributed by atoms with Gasteiger partial charge in [0.1, 0.15) is 24.0 Å². The molecule has 0 saturated heterocycles. The van der Waals surface area contributed by atoms with Crippen LogP contribution in [0.1, 0.15) is 32.4 Å². The van der Waals surface area contributed by atoms with E-state index in [0.29, 0.717) is 12.3 Å². The Morgan fingerprint density at radius 2 is 1.80 bits per heavy atom. The van der Waals surface area contributed by atoms with Gasteiger partial charge in [0.25, 0.3) is 0 Å². The summed E-state index contributed by atoms with van der Waals surface area (Å²) in [6, 6.07) is 10.1. The summed E-state index contributed by atoms with van der Waals surface area (Å²) < 4.78 is 6.32. The Bertz CT molecular complexity index is 941. The Kier molecular flexibility index (Phi) is 15.9. The number of hydrogen-bond acceptors (Lipinski definition) is 5. The summed E-state index contributed by atoms with van der Waals surface area (Å²) >= 11 is 0.